The van der Waals surface area contributed by atoms with Crippen LogP contribution in [0.15, 0.2) is 28.4 Å². The average molecular weight is 289 g/mol. The Kier molecular flexibility index (Phi) is 3.65. The van der Waals surface area contributed by atoms with Crippen molar-refractivity contribution in [2.45, 2.75) is 16.1 Å². The van der Waals surface area contributed by atoms with Crippen LogP contribution in [-0.4, -0.2) is 26.8 Å². The molecular weight excluding hydrogens is 279 g/mol. The predicted molar refractivity (Wildman–Crippen MR) is 63.9 cm³/mol. The van der Waals surface area contributed by atoms with Gasteiger partial charge in [0, 0.05) is 26.4 Å². The van der Waals surface area contributed by atoms with Crippen LogP contribution in [0.3, 0.4) is 0 Å². The summed E-state index contributed by atoms with van der Waals surface area (Å²) in [6.07, 6.45) is -1.32. The van der Waals surface area contributed by atoms with Gasteiger partial charge in [0.1, 0.15) is 10.8 Å². The second-order valence-corrected chi connectivity index (χ2v) is 4.71. The number of aryl methyl sites for hydroxylation is 1. The van der Waals surface area contributed by atoms with Gasteiger partial charge in [-0.3, -0.25) is 4.68 Å². The molecule has 0 saturated carbocycles. The molecule has 0 saturated heterocycles. The largest absolute Gasteiger partial charge is 0.451 e. The van der Waals surface area contributed by atoms with Gasteiger partial charge in [0.25, 0.3) is 0 Å². The van der Waals surface area contributed by atoms with Gasteiger partial charge in [0.15, 0.2) is 0 Å². The Hall–Kier alpha value is -1.77. The van der Waals surface area contributed by atoms with E-state index in [2.05, 4.69) is 20.4 Å². The lowest BCUT2D eigenvalue weighted by molar-refractivity contribution is -0.145. The van der Waals surface area contributed by atoms with Crippen molar-refractivity contribution in [3.63, 3.8) is 0 Å². The van der Waals surface area contributed by atoms with Gasteiger partial charge in [0.05, 0.1) is 11.1 Å². The molecule has 0 unspecified atom stereocenters. The molecule has 0 spiro atoms. The molecule has 0 aromatic carbocycles. The van der Waals surface area contributed by atoms with E-state index in [0.717, 1.165) is 11.8 Å². The smallest absolute Gasteiger partial charge is 0.373 e. The molecule has 2 rings (SSSR count). The summed E-state index contributed by atoms with van der Waals surface area (Å²) in [4.78, 5) is 7.60. The highest BCUT2D eigenvalue weighted by Crippen LogP contribution is 2.32. The molecule has 0 aliphatic carbocycles. The van der Waals surface area contributed by atoms with Crippen LogP contribution in [0.1, 0.15) is 5.82 Å². The quantitative estimate of drug-likeness (QED) is 0.879. The Morgan fingerprint density at radius 1 is 1.32 bits per heavy atom. The van der Waals surface area contributed by atoms with Crippen molar-refractivity contribution in [3.8, 4) is 0 Å². The number of rotatable bonds is 3. The van der Waals surface area contributed by atoms with Crippen molar-refractivity contribution >= 4 is 17.6 Å². The maximum atomic E-state index is 12.6. The van der Waals surface area contributed by atoms with E-state index < -0.39 is 12.0 Å². The normalized spacial score (nSPS) is 11.6. The van der Waals surface area contributed by atoms with Gasteiger partial charge in [0.2, 0.25) is 5.82 Å². The zero-order valence-corrected chi connectivity index (χ0v) is 10.9. The van der Waals surface area contributed by atoms with Crippen LogP contribution in [0, 0.1) is 0 Å². The third-order valence-electron chi connectivity index (χ3n) is 2.12. The minimum absolute atomic E-state index is 0.119. The Bertz CT molecular complexity index is 581. The molecule has 2 aromatic heterocycles. The molecule has 9 heteroatoms. The molecule has 0 aliphatic heterocycles. The number of halogens is 3. The lowest BCUT2D eigenvalue weighted by atomic mass is 10.5. The van der Waals surface area contributed by atoms with E-state index in [9.17, 15) is 13.2 Å². The highest BCUT2D eigenvalue weighted by atomic mass is 32.2. The first-order valence-corrected chi connectivity index (χ1v) is 6.00. The maximum Gasteiger partial charge on any atom is 0.451 e. The molecule has 0 bridgehead atoms. The van der Waals surface area contributed by atoms with Crippen LogP contribution in [0.2, 0.25) is 0 Å². The molecule has 2 heterocycles. The van der Waals surface area contributed by atoms with Crippen LogP contribution < -0.4 is 5.32 Å². The molecule has 0 fully saturated rings. The highest BCUT2D eigenvalue weighted by molar-refractivity contribution is 7.99. The molecule has 102 valence electrons. The molecule has 0 amide bonds. The summed E-state index contributed by atoms with van der Waals surface area (Å²) in [5.74, 6) is -1.04. The third-order valence-corrected chi connectivity index (χ3v) is 2.98. The SMILES string of the molecule is CNc1cc(Sc2cnn(C)c2)nc(C(F)(F)F)n1. The number of nitrogens with zero attached hydrogens (tertiary/aromatic N) is 4. The molecule has 5 nitrogen and oxygen atoms in total. The van der Waals surface area contributed by atoms with Gasteiger partial charge in [-0.2, -0.15) is 18.3 Å². The number of anilines is 1. The molecule has 0 aliphatic rings. The van der Waals surface area contributed by atoms with Crippen molar-refractivity contribution in [3.05, 3.63) is 24.3 Å². The van der Waals surface area contributed by atoms with Gasteiger partial charge >= 0.3 is 6.18 Å². The minimum atomic E-state index is -4.57. The van der Waals surface area contributed by atoms with Gasteiger partial charge in [-0.25, -0.2) is 9.97 Å². The van der Waals surface area contributed by atoms with Gasteiger partial charge < -0.3 is 5.32 Å². The first-order chi connectivity index (χ1) is 8.88. The van der Waals surface area contributed by atoms with E-state index in [4.69, 9.17) is 0 Å². The zero-order chi connectivity index (χ0) is 14.0. The van der Waals surface area contributed by atoms with Gasteiger partial charge in [-0.15, -0.1) is 0 Å². The van der Waals surface area contributed by atoms with Crippen LogP contribution >= 0.6 is 11.8 Å². The zero-order valence-electron chi connectivity index (χ0n) is 10.1. The van der Waals surface area contributed by atoms with Crippen LogP contribution in [0.5, 0.6) is 0 Å². The molecule has 19 heavy (non-hydrogen) atoms. The molecule has 1 N–H and O–H groups in total. The summed E-state index contributed by atoms with van der Waals surface area (Å²) in [6, 6.07) is 1.45. The fraction of sp³-hybridized carbons (Fsp3) is 0.300. The second kappa shape index (κ2) is 5.08. The summed E-state index contributed by atoms with van der Waals surface area (Å²) >= 11 is 1.09. The van der Waals surface area contributed by atoms with E-state index in [1.165, 1.54) is 13.1 Å². The molecule has 0 radical (unpaired) electrons. The number of hydrogen-bond donors (Lipinski definition) is 1. The minimum Gasteiger partial charge on any atom is -0.373 e. The van der Waals surface area contributed by atoms with E-state index >= 15 is 0 Å². The summed E-state index contributed by atoms with van der Waals surface area (Å²) < 4.78 is 39.5. The fourth-order valence-electron chi connectivity index (χ4n) is 1.30. The Morgan fingerprint density at radius 3 is 2.58 bits per heavy atom. The monoisotopic (exact) mass is 289 g/mol. The van der Waals surface area contributed by atoms with Gasteiger partial charge in [-0.05, 0) is 0 Å². The summed E-state index contributed by atoms with van der Waals surface area (Å²) in [5.41, 5.74) is 0. The summed E-state index contributed by atoms with van der Waals surface area (Å²) in [7, 11) is 3.23. The van der Waals surface area contributed by atoms with Crippen LogP contribution in [-0.2, 0) is 13.2 Å². The van der Waals surface area contributed by atoms with Crippen LogP contribution in [0.4, 0.5) is 19.0 Å². The molecule has 0 atom stereocenters. The van der Waals surface area contributed by atoms with E-state index in [0.29, 0.717) is 4.90 Å². The number of aromatic nitrogens is 4. The van der Waals surface area contributed by atoms with E-state index in [1.807, 2.05) is 0 Å². The number of alkyl halides is 3. The summed E-state index contributed by atoms with van der Waals surface area (Å²) in [6.45, 7) is 0. The average Bonchev–Trinajstić information content (AvgIpc) is 2.73. The lowest BCUT2D eigenvalue weighted by Crippen LogP contribution is -2.12. The highest BCUT2D eigenvalue weighted by Gasteiger charge is 2.35. The first kappa shape index (κ1) is 13.7. The van der Waals surface area contributed by atoms with E-state index in [-0.39, 0.29) is 10.8 Å². The van der Waals surface area contributed by atoms with Crippen molar-refractivity contribution in [2.75, 3.05) is 12.4 Å². The Balaban J connectivity index is 2.34. The third kappa shape index (κ3) is 3.37. The fourth-order valence-corrected chi connectivity index (χ4v) is 2.15. The second-order valence-electron chi connectivity index (χ2n) is 3.61. The standard InChI is InChI=1S/C10H10F3N5S/c1-14-7-3-8(17-9(16-7)10(11,12)13)19-6-4-15-18(2)5-6/h3-5H,1-2H3,(H,14,16,17). The topological polar surface area (TPSA) is 55.6 Å². The van der Waals surface area contributed by atoms with E-state index in [1.54, 1.807) is 24.1 Å². The first-order valence-electron chi connectivity index (χ1n) is 5.19. The molecular formula is C10H10F3N5S. The van der Waals surface area contributed by atoms with Crippen LogP contribution in [0.25, 0.3) is 0 Å². The lowest BCUT2D eigenvalue weighted by Gasteiger charge is -2.09. The van der Waals surface area contributed by atoms with Gasteiger partial charge in [-0.1, -0.05) is 11.8 Å². The number of nitrogens with one attached hydrogen (secondary N) is 1. The summed E-state index contributed by atoms with van der Waals surface area (Å²) in [5, 5.41) is 6.73. The number of hydrogen-bond acceptors (Lipinski definition) is 5. The molecule has 2 aromatic rings. The van der Waals surface area contributed by atoms with Crippen molar-refractivity contribution < 1.29 is 13.2 Å². The Labute approximate surface area is 111 Å². The van der Waals surface area contributed by atoms with Crippen molar-refractivity contribution in [1.82, 2.24) is 19.7 Å². The predicted octanol–water partition coefficient (Wildman–Crippen LogP) is 2.42. The maximum absolute atomic E-state index is 12.6. The Morgan fingerprint density at radius 2 is 2.05 bits per heavy atom. The van der Waals surface area contributed by atoms with Crippen molar-refractivity contribution in [2.24, 2.45) is 7.05 Å². The van der Waals surface area contributed by atoms with Crippen molar-refractivity contribution in [1.29, 1.82) is 0 Å².